The van der Waals surface area contributed by atoms with Crippen LogP contribution in [0.2, 0.25) is 0 Å². The fraction of sp³-hybridized carbons (Fsp3) is 0.143. The van der Waals surface area contributed by atoms with Gasteiger partial charge in [-0.15, -0.1) is 6.58 Å². The molecule has 0 spiro atoms. The molecule has 0 unspecified atom stereocenters. The Kier molecular flexibility index (Phi) is 3.97. The number of nitrogens with one attached hydrogen (secondary N) is 2. The Balaban J connectivity index is 2.34. The molecule has 0 saturated heterocycles. The Morgan fingerprint density at radius 2 is 2.16 bits per heavy atom. The average Bonchev–Trinajstić information content (AvgIpc) is 2.44. The molecule has 0 radical (unpaired) electrons. The number of hydrogen-bond donors (Lipinski definition) is 2. The second-order valence-corrected chi connectivity index (χ2v) is 3.88. The Morgan fingerprint density at radius 3 is 2.79 bits per heavy atom. The number of aromatic amines is 1. The Morgan fingerprint density at radius 1 is 1.42 bits per heavy atom. The molecule has 1 heterocycles. The van der Waals surface area contributed by atoms with Gasteiger partial charge >= 0.3 is 0 Å². The summed E-state index contributed by atoms with van der Waals surface area (Å²) in [6.07, 6.45) is 1.69. The molecule has 19 heavy (non-hydrogen) atoms. The second kappa shape index (κ2) is 5.86. The van der Waals surface area contributed by atoms with Crippen molar-refractivity contribution in [3.8, 4) is 17.0 Å². The zero-order valence-corrected chi connectivity index (χ0v) is 10.6. The summed E-state index contributed by atoms with van der Waals surface area (Å²) >= 11 is 0. The highest BCUT2D eigenvalue weighted by Gasteiger charge is 2.03. The quantitative estimate of drug-likeness (QED) is 0.804. The zero-order valence-electron chi connectivity index (χ0n) is 10.6. The molecule has 0 aliphatic carbocycles. The number of H-pyrrole nitrogens is 1. The number of benzene rings is 1. The van der Waals surface area contributed by atoms with E-state index < -0.39 is 0 Å². The van der Waals surface area contributed by atoms with Crippen LogP contribution in [-0.4, -0.2) is 23.6 Å². The zero-order chi connectivity index (χ0) is 13.7. The van der Waals surface area contributed by atoms with E-state index >= 15 is 0 Å². The monoisotopic (exact) mass is 257 g/mol. The number of nitrogens with zero attached hydrogens (tertiary/aromatic N) is 1. The van der Waals surface area contributed by atoms with E-state index in [9.17, 15) is 4.79 Å². The molecule has 2 aromatic rings. The van der Waals surface area contributed by atoms with Gasteiger partial charge in [-0.3, -0.25) is 9.78 Å². The van der Waals surface area contributed by atoms with Crippen LogP contribution in [0, 0.1) is 0 Å². The van der Waals surface area contributed by atoms with Gasteiger partial charge in [0, 0.05) is 18.2 Å². The third kappa shape index (κ3) is 3.22. The van der Waals surface area contributed by atoms with Crippen LogP contribution in [0.1, 0.15) is 0 Å². The van der Waals surface area contributed by atoms with E-state index in [0.717, 1.165) is 11.3 Å². The first-order valence-electron chi connectivity index (χ1n) is 5.83. The van der Waals surface area contributed by atoms with E-state index in [2.05, 4.69) is 21.9 Å². The van der Waals surface area contributed by atoms with E-state index in [1.54, 1.807) is 13.2 Å². The summed E-state index contributed by atoms with van der Waals surface area (Å²) in [5.41, 5.74) is 1.26. The molecule has 0 aliphatic rings. The topological polar surface area (TPSA) is 67.0 Å². The van der Waals surface area contributed by atoms with Crippen molar-refractivity contribution in [2.24, 2.45) is 0 Å². The van der Waals surface area contributed by atoms with Gasteiger partial charge in [-0.2, -0.15) is 0 Å². The van der Waals surface area contributed by atoms with E-state index in [1.807, 2.05) is 24.3 Å². The van der Waals surface area contributed by atoms with Gasteiger partial charge in [-0.25, -0.2) is 4.98 Å². The van der Waals surface area contributed by atoms with E-state index in [4.69, 9.17) is 4.74 Å². The number of hydrogen-bond acceptors (Lipinski definition) is 4. The lowest BCUT2D eigenvalue weighted by Gasteiger charge is -2.06. The molecule has 0 amide bonds. The van der Waals surface area contributed by atoms with Gasteiger partial charge in [0.25, 0.3) is 5.56 Å². The number of aromatic nitrogens is 2. The van der Waals surface area contributed by atoms with Crippen LogP contribution in [0.3, 0.4) is 0 Å². The molecule has 0 atom stereocenters. The van der Waals surface area contributed by atoms with E-state index in [1.165, 1.54) is 6.07 Å². The predicted molar refractivity (Wildman–Crippen MR) is 75.5 cm³/mol. The SMILES string of the molecule is C=CCNc1nc(-c2ccc(OC)cc2)cc(=O)[nH]1. The highest BCUT2D eigenvalue weighted by atomic mass is 16.5. The van der Waals surface area contributed by atoms with Gasteiger partial charge in [0.2, 0.25) is 5.95 Å². The van der Waals surface area contributed by atoms with Crippen molar-refractivity contribution in [1.29, 1.82) is 0 Å². The normalized spacial score (nSPS) is 9.95. The van der Waals surface area contributed by atoms with Crippen LogP contribution in [0.5, 0.6) is 5.75 Å². The number of ether oxygens (including phenoxy) is 1. The number of rotatable bonds is 5. The van der Waals surface area contributed by atoms with Gasteiger partial charge in [0.05, 0.1) is 12.8 Å². The molecular weight excluding hydrogens is 242 g/mol. The van der Waals surface area contributed by atoms with Gasteiger partial charge in [-0.1, -0.05) is 6.08 Å². The summed E-state index contributed by atoms with van der Waals surface area (Å²) in [6, 6.07) is 8.83. The molecule has 0 fully saturated rings. The summed E-state index contributed by atoms with van der Waals surface area (Å²) in [4.78, 5) is 18.6. The van der Waals surface area contributed by atoms with E-state index in [-0.39, 0.29) is 5.56 Å². The highest BCUT2D eigenvalue weighted by Crippen LogP contribution is 2.20. The highest BCUT2D eigenvalue weighted by molar-refractivity contribution is 5.60. The van der Waals surface area contributed by atoms with Crippen LogP contribution >= 0.6 is 0 Å². The second-order valence-electron chi connectivity index (χ2n) is 3.88. The molecule has 0 bridgehead atoms. The van der Waals surface area contributed by atoms with Crippen molar-refractivity contribution in [2.45, 2.75) is 0 Å². The predicted octanol–water partition coefficient (Wildman–Crippen LogP) is 2.04. The minimum Gasteiger partial charge on any atom is -0.497 e. The first-order valence-corrected chi connectivity index (χ1v) is 5.83. The first kappa shape index (κ1) is 12.9. The molecule has 5 nitrogen and oxygen atoms in total. The summed E-state index contributed by atoms with van der Waals surface area (Å²) in [7, 11) is 1.61. The third-order valence-corrected chi connectivity index (χ3v) is 2.54. The maximum Gasteiger partial charge on any atom is 0.252 e. The van der Waals surface area contributed by atoms with Crippen molar-refractivity contribution in [1.82, 2.24) is 9.97 Å². The Labute approximate surface area is 111 Å². The maximum atomic E-state index is 11.6. The smallest absolute Gasteiger partial charge is 0.252 e. The molecule has 5 heteroatoms. The summed E-state index contributed by atoms with van der Waals surface area (Å²) < 4.78 is 5.09. The van der Waals surface area contributed by atoms with Crippen LogP contribution in [-0.2, 0) is 0 Å². The lowest BCUT2D eigenvalue weighted by atomic mass is 10.1. The van der Waals surface area contributed by atoms with E-state index in [0.29, 0.717) is 18.2 Å². The standard InChI is InChI=1S/C14H15N3O2/c1-3-8-15-14-16-12(9-13(18)17-14)10-4-6-11(19-2)7-5-10/h3-7,9H,1,8H2,2H3,(H2,15,16,17,18). The number of methoxy groups -OCH3 is 1. The van der Waals surface area contributed by atoms with Gasteiger partial charge < -0.3 is 10.1 Å². The fourth-order valence-corrected chi connectivity index (χ4v) is 1.62. The van der Waals surface area contributed by atoms with Crippen molar-refractivity contribution in [3.63, 3.8) is 0 Å². The number of anilines is 1. The largest absolute Gasteiger partial charge is 0.497 e. The van der Waals surface area contributed by atoms with Crippen LogP contribution in [0.15, 0.2) is 47.8 Å². The molecular formula is C14H15N3O2. The molecule has 0 saturated carbocycles. The maximum absolute atomic E-state index is 11.6. The molecule has 1 aromatic carbocycles. The van der Waals surface area contributed by atoms with Crippen molar-refractivity contribution < 1.29 is 4.74 Å². The first-order chi connectivity index (χ1) is 9.22. The minimum atomic E-state index is -0.201. The Hall–Kier alpha value is -2.56. The molecule has 0 aliphatic heterocycles. The molecule has 2 rings (SSSR count). The van der Waals surface area contributed by atoms with Gasteiger partial charge in [0.15, 0.2) is 0 Å². The van der Waals surface area contributed by atoms with Crippen molar-refractivity contribution in [3.05, 3.63) is 53.3 Å². The molecule has 1 aromatic heterocycles. The lowest BCUT2D eigenvalue weighted by Crippen LogP contribution is -2.12. The lowest BCUT2D eigenvalue weighted by molar-refractivity contribution is 0.415. The van der Waals surface area contributed by atoms with Crippen LogP contribution in [0.25, 0.3) is 11.3 Å². The summed E-state index contributed by atoms with van der Waals surface area (Å²) in [5.74, 6) is 1.19. The van der Waals surface area contributed by atoms with Crippen molar-refractivity contribution in [2.75, 3.05) is 19.0 Å². The van der Waals surface area contributed by atoms with Crippen LogP contribution < -0.4 is 15.6 Å². The third-order valence-electron chi connectivity index (χ3n) is 2.54. The van der Waals surface area contributed by atoms with Crippen molar-refractivity contribution >= 4 is 5.95 Å². The molecule has 2 N–H and O–H groups in total. The van der Waals surface area contributed by atoms with Gasteiger partial charge in [0.1, 0.15) is 5.75 Å². The summed E-state index contributed by atoms with van der Waals surface area (Å²) in [5, 5.41) is 2.96. The fourth-order valence-electron chi connectivity index (χ4n) is 1.62. The minimum absolute atomic E-state index is 0.201. The average molecular weight is 257 g/mol. The van der Waals surface area contributed by atoms with Gasteiger partial charge in [-0.05, 0) is 24.3 Å². The Bertz CT molecular complexity index is 617. The molecule has 98 valence electrons. The van der Waals surface area contributed by atoms with Crippen LogP contribution in [0.4, 0.5) is 5.95 Å². The summed E-state index contributed by atoms with van der Waals surface area (Å²) in [6.45, 7) is 4.14.